The van der Waals surface area contributed by atoms with Crippen LogP contribution in [0, 0.1) is 5.92 Å². The van der Waals surface area contributed by atoms with Crippen molar-refractivity contribution >= 4 is 11.4 Å². The van der Waals surface area contributed by atoms with Crippen molar-refractivity contribution in [1.29, 1.82) is 0 Å². The Balaban J connectivity index is 1.61. The van der Waals surface area contributed by atoms with E-state index in [2.05, 4.69) is 41.8 Å². The molecule has 0 atom stereocenters. The van der Waals surface area contributed by atoms with Crippen molar-refractivity contribution < 1.29 is 0 Å². The van der Waals surface area contributed by atoms with Crippen LogP contribution in [0.1, 0.15) is 44.2 Å². The number of aryl methyl sites for hydroxylation is 1. The van der Waals surface area contributed by atoms with Crippen molar-refractivity contribution in [3.05, 3.63) is 58.0 Å². The predicted octanol–water partition coefficient (Wildman–Crippen LogP) is 4.09. The summed E-state index contributed by atoms with van der Waals surface area (Å²) in [5.74, 6) is 0.924. The highest BCUT2D eigenvalue weighted by Gasteiger charge is 2.24. The molecule has 27 heavy (non-hydrogen) atoms. The van der Waals surface area contributed by atoms with Gasteiger partial charge in [-0.2, -0.15) is 0 Å². The minimum absolute atomic E-state index is 0.0273. The minimum atomic E-state index is 0.0273. The molecule has 0 unspecified atom stereocenters. The first-order valence-electron chi connectivity index (χ1n) is 10.3. The van der Waals surface area contributed by atoms with Crippen LogP contribution in [-0.4, -0.2) is 28.6 Å². The van der Waals surface area contributed by atoms with Gasteiger partial charge < -0.3 is 9.47 Å². The number of hydrogen-bond acceptors (Lipinski definition) is 3. The Morgan fingerprint density at radius 1 is 1.11 bits per heavy atom. The Bertz CT molecular complexity index is 866. The van der Waals surface area contributed by atoms with Gasteiger partial charge in [0.05, 0.1) is 5.69 Å². The first-order chi connectivity index (χ1) is 13.0. The van der Waals surface area contributed by atoms with Gasteiger partial charge in [-0.1, -0.05) is 12.5 Å². The van der Waals surface area contributed by atoms with Crippen LogP contribution in [0.4, 0.5) is 11.4 Å². The van der Waals surface area contributed by atoms with Crippen molar-refractivity contribution in [2.75, 3.05) is 18.0 Å². The lowest BCUT2D eigenvalue weighted by Crippen LogP contribution is -2.36. The molecular weight excluding hydrogens is 334 g/mol. The maximum Gasteiger partial charge on any atom is 0.250 e. The second kappa shape index (κ2) is 7.51. The van der Waals surface area contributed by atoms with Gasteiger partial charge in [0.25, 0.3) is 0 Å². The van der Waals surface area contributed by atoms with Crippen LogP contribution < -0.4 is 10.5 Å². The van der Waals surface area contributed by atoms with Crippen molar-refractivity contribution in [3.8, 4) is 0 Å². The molecule has 1 aromatic carbocycles. The lowest BCUT2D eigenvalue weighted by Gasteiger charge is -2.36. The lowest BCUT2D eigenvalue weighted by molar-refractivity contribution is 0.166. The number of hydrogen-bond donors (Lipinski definition) is 0. The van der Waals surface area contributed by atoms with Crippen molar-refractivity contribution in [2.24, 2.45) is 13.0 Å². The zero-order valence-corrected chi connectivity index (χ0v) is 16.8. The Labute approximate surface area is 162 Å². The van der Waals surface area contributed by atoms with Gasteiger partial charge in [-0.25, -0.2) is 0 Å². The van der Waals surface area contributed by atoms with E-state index in [4.69, 9.17) is 0 Å². The van der Waals surface area contributed by atoms with E-state index in [1.54, 1.807) is 10.6 Å². The smallest absolute Gasteiger partial charge is 0.250 e. The molecule has 0 radical (unpaired) electrons. The largest absolute Gasteiger partial charge is 0.338 e. The van der Waals surface area contributed by atoms with Crippen LogP contribution >= 0.6 is 0 Å². The van der Waals surface area contributed by atoms with E-state index in [1.807, 2.05) is 19.3 Å². The first-order valence-corrected chi connectivity index (χ1v) is 10.3. The third kappa shape index (κ3) is 3.81. The molecule has 0 saturated heterocycles. The zero-order valence-electron chi connectivity index (χ0n) is 16.8. The quantitative estimate of drug-likeness (QED) is 0.799. The van der Waals surface area contributed by atoms with Gasteiger partial charge in [-0.05, 0) is 68.4 Å². The second-order valence-corrected chi connectivity index (χ2v) is 8.54. The molecule has 0 spiro atoms. The zero-order chi connectivity index (χ0) is 19.0. The first kappa shape index (κ1) is 18.3. The SMILES string of the molecule is CC(C)N(c1ccc2c(c1)CN(CC1CCC1)CC2)c1ccc(=O)n(C)c1. The average Bonchev–Trinajstić information content (AvgIpc) is 2.61. The molecule has 2 heterocycles. The van der Waals surface area contributed by atoms with Crippen molar-refractivity contribution in [3.63, 3.8) is 0 Å². The van der Waals surface area contributed by atoms with Crippen LogP contribution in [0.15, 0.2) is 41.3 Å². The summed E-state index contributed by atoms with van der Waals surface area (Å²) < 4.78 is 1.66. The Kier molecular flexibility index (Phi) is 5.09. The summed E-state index contributed by atoms with van der Waals surface area (Å²) in [6.45, 7) is 7.93. The van der Waals surface area contributed by atoms with Gasteiger partial charge in [0, 0.05) is 50.7 Å². The van der Waals surface area contributed by atoms with Crippen LogP contribution in [-0.2, 0) is 20.0 Å². The third-order valence-corrected chi connectivity index (χ3v) is 6.17. The maximum absolute atomic E-state index is 11.8. The van der Waals surface area contributed by atoms with Crippen LogP contribution in [0.3, 0.4) is 0 Å². The Morgan fingerprint density at radius 2 is 1.89 bits per heavy atom. The number of rotatable bonds is 5. The molecule has 1 fully saturated rings. The van der Waals surface area contributed by atoms with E-state index >= 15 is 0 Å². The van der Waals surface area contributed by atoms with E-state index in [9.17, 15) is 4.79 Å². The molecule has 4 rings (SSSR count). The molecule has 4 heteroatoms. The molecule has 2 aliphatic rings. The molecular formula is C23H31N3O. The van der Waals surface area contributed by atoms with Crippen LogP contribution in [0.25, 0.3) is 0 Å². The van der Waals surface area contributed by atoms with Crippen molar-refractivity contribution in [1.82, 2.24) is 9.47 Å². The minimum Gasteiger partial charge on any atom is -0.338 e. The van der Waals surface area contributed by atoms with Gasteiger partial charge in [-0.15, -0.1) is 0 Å². The number of aromatic nitrogens is 1. The second-order valence-electron chi connectivity index (χ2n) is 8.54. The molecule has 1 aliphatic carbocycles. The highest BCUT2D eigenvalue weighted by Crippen LogP contribution is 2.33. The van der Waals surface area contributed by atoms with Gasteiger partial charge in [0.1, 0.15) is 0 Å². The van der Waals surface area contributed by atoms with Crippen LogP contribution in [0.5, 0.6) is 0 Å². The highest BCUT2D eigenvalue weighted by molar-refractivity contribution is 5.64. The average molecular weight is 366 g/mol. The Morgan fingerprint density at radius 3 is 2.56 bits per heavy atom. The van der Waals surface area contributed by atoms with Gasteiger partial charge in [-0.3, -0.25) is 9.69 Å². The van der Waals surface area contributed by atoms with E-state index < -0.39 is 0 Å². The fourth-order valence-corrected chi connectivity index (χ4v) is 4.42. The maximum atomic E-state index is 11.8. The van der Waals surface area contributed by atoms with E-state index in [1.165, 1.54) is 49.2 Å². The molecule has 144 valence electrons. The summed E-state index contributed by atoms with van der Waals surface area (Å²) >= 11 is 0. The molecule has 0 amide bonds. The molecule has 4 nitrogen and oxygen atoms in total. The standard InChI is InChI=1S/C23H31N3O/c1-17(2)26(22-9-10-23(27)24(3)16-22)21-8-7-19-11-12-25(15-20(19)13-21)14-18-5-4-6-18/h7-10,13,16-18H,4-6,11-12,14-15H2,1-3H3. The number of anilines is 2. The molecule has 1 aliphatic heterocycles. The summed E-state index contributed by atoms with van der Waals surface area (Å²) in [7, 11) is 1.82. The highest BCUT2D eigenvalue weighted by atomic mass is 16.1. The predicted molar refractivity (Wildman–Crippen MR) is 112 cm³/mol. The number of benzene rings is 1. The topological polar surface area (TPSA) is 28.5 Å². The summed E-state index contributed by atoms with van der Waals surface area (Å²) in [5, 5.41) is 0. The van der Waals surface area contributed by atoms with Crippen molar-refractivity contribution in [2.45, 2.75) is 52.1 Å². The van der Waals surface area contributed by atoms with E-state index in [-0.39, 0.29) is 5.56 Å². The normalized spacial score (nSPS) is 17.6. The fraction of sp³-hybridized carbons (Fsp3) is 0.522. The fourth-order valence-electron chi connectivity index (χ4n) is 4.42. The third-order valence-electron chi connectivity index (χ3n) is 6.17. The molecule has 1 aromatic heterocycles. The summed E-state index contributed by atoms with van der Waals surface area (Å²) in [6.07, 6.45) is 7.34. The summed E-state index contributed by atoms with van der Waals surface area (Å²) in [4.78, 5) is 16.7. The van der Waals surface area contributed by atoms with E-state index in [0.717, 1.165) is 24.6 Å². The Hall–Kier alpha value is -2.07. The van der Waals surface area contributed by atoms with E-state index in [0.29, 0.717) is 6.04 Å². The summed E-state index contributed by atoms with van der Waals surface area (Å²) in [5.41, 5.74) is 5.27. The molecule has 1 saturated carbocycles. The number of nitrogens with zero attached hydrogens (tertiary/aromatic N) is 3. The molecule has 0 N–H and O–H groups in total. The van der Waals surface area contributed by atoms with Gasteiger partial charge in [0.2, 0.25) is 5.56 Å². The lowest BCUT2D eigenvalue weighted by atomic mass is 9.84. The molecule has 0 bridgehead atoms. The summed E-state index contributed by atoms with van der Waals surface area (Å²) in [6, 6.07) is 10.8. The van der Waals surface area contributed by atoms with Gasteiger partial charge >= 0.3 is 0 Å². The van der Waals surface area contributed by atoms with Gasteiger partial charge in [0.15, 0.2) is 0 Å². The number of pyridine rings is 1. The number of fused-ring (bicyclic) bond motifs is 1. The monoisotopic (exact) mass is 365 g/mol. The van der Waals surface area contributed by atoms with Crippen LogP contribution in [0.2, 0.25) is 0 Å². The molecule has 2 aromatic rings.